The Balaban J connectivity index is 2.09. The largest absolute Gasteiger partial charge is 0.468 e. The number of hydrogen-bond donors (Lipinski definition) is 1. The van der Waals surface area contributed by atoms with Gasteiger partial charge < -0.3 is 14.8 Å². The molecule has 0 saturated carbocycles. The Morgan fingerprint density at radius 3 is 2.50 bits per heavy atom. The maximum Gasteiger partial charge on any atom is 0.338 e. The number of methoxy groups -OCH3 is 1. The molecule has 0 spiro atoms. The molecular weight excluding hydrogens is 440 g/mol. The quantitative estimate of drug-likeness (QED) is 0.389. The van der Waals surface area contributed by atoms with Crippen molar-refractivity contribution in [3.8, 4) is 0 Å². The second-order valence-corrected chi connectivity index (χ2v) is 7.82. The van der Waals surface area contributed by atoms with Gasteiger partial charge in [0.2, 0.25) is 0 Å². The first-order valence-electron chi connectivity index (χ1n) is 10.6. The van der Waals surface area contributed by atoms with Gasteiger partial charge >= 0.3 is 18.0 Å². The van der Waals surface area contributed by atoms with Crippen molar-refractivity contribution < 1.29 is 24.0 Å². The van der Waals surface area contributed by atoms with Gasteiger partial charge in [0.05, 0.1) is 29.4 Å². The number of non-ortho nitro benzene ring substituents is 1. The summed E-state index contributed by atoms with van der Waals surface area (Å²) >= 11 is 0. The van der Waals surface area contributed by atoms with Crippen molar-refractivity contribution in [3.05, 3.63) is 87.1 Å². The van der Waals surface area contributed by atoms with Crippen LogP contribution < -0.4 is 5.32 Å². The van der Waals surface area contributed by atoms with Gasteiger partial charge in [-0.05, 0) is 31.9 Å². The molecule has 1 aliphatic rings. The fraction of sp³-hybridized carbons (Fsp3) is 0.292. The van der Waals surface area contributed by atoms with Crippen LogP contribution in [0.1, 0.15) is 37.9 Å². The molecule has 3 rings (SSSR count). The molecule has 178 valence electrons. The summed E-state index contributed by atoms with van der Waals surface area (Å²) in [6.45, 7) is 5.21. The van der Waals surface area contributed by atoms with Crippen molar-refractivity contribution in [1.29, 1.82) is 0 Å². The summed E-state index contributed by atoms with van der Waals surface area (Å²) in [6.07, 6.45) is -0.424. The van der Waals surface area contributed by atoms with Gasteiger partial charge in [0, 0.05) is 18.7 Å². The fourth-order valence-electron chi connectivity index (χ4n) is 3.56. The third-order valence-corrected chi connectivity index (χ3v) is 5.04. The molecule has 2 aromatic rings. The lowest BCUT2D eigenvalue weighted by molar-refractivity contribution is -0.384. The summed E-state index contributed by atoms with van der Waals surface area (Å²) in [5, 5.41) is 14.2. The second-order valence-electron chi connectivity index (χ2n) is 7.82. The number of nitro groups is 1. The number of nitrogens with one attached hydrogen (secondary N) is 1. The Hall–Kier alpha value is -4.21. The topological polar surface area (TPSA) is 123 Å². The van der Waals surface area contributed by atoms with Gasteiger partial charge in [0.25, 0.3) is 5.69 Å². The van der Waals surface area contributed by atoms with E-state index >= 15 is 0 Å². The van der Waals surface area contributed by atoms with Crippen molar-refractivity contribution in [2.45, 2.75) is 39.5 Å². The first-order valence-corrected chi connectivity index (χ1v) is 10.6. The first kappa shape index (κ1) is 24.4. The summed E-state index contributed by atoms with van der Waals surface area (Å²) in [6, 6.07) is 13.3. The molecule has 0 saturated heterocycles. The number of urea groups is 1. The third kappa shape index (κ3) is 5.40. The molecule has 1 atom stereocenters. The predicted octanol–water partition coefficient (Wildman–Crippen LogP) is 4.09. The number of nitrogens with zero attached hydrogens (tertiary/aromatic N) is 3. The summed E-state index contributed by atoms with van der Waals surface area (Å²) < 4.78 is 10.8. The van der Waals surface area contributed by atoms with E-state index in [2.05, 4.69) is 10.3 Å². The van der Waals surface area contributed by atoms with E-state index in [9.17, 15) is 19.7 Å². The minimum absolute atomic E-state index is 0.0549. The number of ether oxygens (including phenoxy) is 2. The molecule has 0 bridgehead atoms. The Labute approximate surface area is 197 Å². The molecule has 10 nitrogen and oxygen atoms in total. The molecule has 0 fully saturated rings. The number of amidine groups is 1. The van der Waals surface area contributed by atoms with Crippen LogP contribution in [0, 0.1) is 10.1 Å². The number of carbonyl (C=O) groups is 2. The number of amides is 2. The van der Waals surface area contributed by atoms with E-state index in [0.717, 1.165) is 5.56 Å². The maximum absolute atomic E-state index is 13.4. The van der Waals surface area contributed by atoms with Crippen LogP contribution in [-0.4, -0.2) is 41.1 Å². The van der Waals surface area contributed by atoms with Gasteiger partial charge in [0.1, 0.15) is 6.04 Å². The van der Waals surface area contributed by atoms with Gasteiger partial charge in [-0.1, -0.05) is 42.5 Å². The summed E-state index contributed by atoms with van der Waals surface area (Å²) in [5.41, 5.74) is 1.39. The highest BCUT2D eigenvalue weighted by Crippen LogP contribution is 2.37. The summed E-state index contributed by atoms with van der Waals surface area (Å²) in [7, 11) is 1.35. The lowest BCUT2D eigenvalue weighted by Gasteiger charge is -2.35. The zero-order valence-corrected chi connectivity index (χ0v) is 19.3. The third-order valence-electron chi connectivity index (χ3n) is 5.04. The highest BCUT2D eigenvalue weighted by Gasteiger charge is 2.41. The SMILES string of the molecule is COC1=NC(C)=C(C(=O)OC(C)C)C(c2cccc([N+](=O)[O-])c2)N1C(=O)NCc1ccccc1. The molecule has 0 radical (unpaired) electrons. The second kappa shape index (κ2) is 10.6. The van der Waals surface area contributed by atoms with Crippen molar-refractivity contribution >= 4 is 23.7 Å². The van der Waals surface area contributed by atoms with E-state index in [-0.39, 0.29) is 29.5 Å². The van der Waals surface area contributed by atoms with Crippen LogP contribution in [0.5, 0.6) is 0 Å². The van der Waals surface area contributed by atoms with Gasteiger partial charge in [-0.15, -0.1) is 0 Å². The molecule has 1 N–H and O–H groups in total. The standard InChI is InChI=1S/C24H26N4O6/c1-15(2)34-22(29)20-16(3)26-24(33-4)27(23(30)25-14-17-9-6-5-7-10-17)21(20)18-11-8-12-19(13-18)28(31)32/h5-13,15,21H,14H2,1-4H3,(H,25,30). The molecular formula is C24H26N4O6. The number of hydrogen-bond acceptors (Lipinski definition) is 7. The number of nitro benzene ring substituents is 1. The van der Waals surface area contributed by atoms with Crippen LogP contribution in [0.25, 0.3) is 0 Å². The van der Waals surface area contributed by atoms with Crippen LogP contribution in [0.4, 0.5) is 10.5 Å². The van der Waals surface area contributed by atoms with Gasteiger partial charge in [-0.2, -0.15) is 0 Å². The molecule has 0 aliphatic carbocycles. The lowest BCUT2D eigenvalue weighted by atomic mass is 9.94. The van der Waals surface area contributed by atoms with Crippen LogP contribution in [0.3, 0.4) is 0 Å². The van der Waals surface area contributed by atoms with Gasteiger partial charge in [-0.3, -0.25) is 10.1 Å². The Kier molecular flexibility index (Phi) is 7.62. The molecule has 2 aromatic carbocycles. The van der Waals surface area contributed by atoms with Gasteiger partial charge in [0.15, 0.2) is 0 Å². The Morgan fingerprint density at radius 1 is 1.18 bits per heavy atom. The van der Waals surface area contributed by atoms with Crippen molar-refractivity contribution in [1.82, 2.24) is 10.2 Å². The minimum atomic E-state index is -1.06. The number of allylic oxidation sites excluding steroid dienone is 1. The molecule has 10 heteroatoms. The average Bonchev–Trinajstić information content (AvgIpc) is 2.81. The molecule has 0 aromatic heterocycles. The van der Waals surface area contributed by atoms with Crippen LogP contribution >= 0.6 is 0 Å². The molecule has 1 unspecified atom stereocenters. The Bertz CT molecular complexity index is 1140. The van der Waals surface area contributed by atoms with Crippen LogP contribution in [-0.2, 0) is 20.8 Å². The van der Waals surface area contributed by atoms with Gasteiger partial charge in [-0.25, -0.2) is 19.5 Å². The monoisotopic (exact) mass is 466 g/mol. The van der Waals surface area contributed by atoms with E-state index in [4.69, 9.17) is 9.47 Å². The number of aliphatic imine (C=N–C) groups is 1. The average molecular weight is 466 g/mol. The van der Waals surface area contributed by atoms with E-state index < -0.39 is 29.1 Å². The molecule has 1 heterocycles. The van der Waals surface area contributed by atoms with Crippen molar-refractivity contribution in [2.75, 3.05) is 7.11 Å². The lowest BCUT2D eigenvalue weighted by Crippen LogP contribution is -2.49. The van der Waals surface area contributed by atoms with E-state index in [1.807, 2.05) is 30.3 Å². The molecule has 2 amide bonds. The maximum atomic E-state index is 13.4. The fourth-order valence-corrected chi connectivity index (χ4v) is 3.56. The number of benzene rings is 2. The predicted molar refractivity (Wildman–Crippen MR) is 125 cm³/mol. The highest BCUT2D eigenvalue weighted by atomic mass is 16.6. The molecule has 1 aliphatic heterocycles. The van der Waals surface area contributed by atoms with E-state index in [1.54, 1.807) is 26.8 Å². The van der Waals surface area contributed by atoms with Crippen LogP contribution in [0.15, 0.2) is 70.9 Å². The van der Waals surface area contributed by atoms with Crippen LogP contribution in [0.2, 0.25) is 0 Å². The zero-order chi connectivity index (χ0) is 24.8. The molecule has 34 heavy (non-hydrogen) atoms. The normalized spacial score (nSPS) is 15.6. The smallest absolute Gasteiger partial charge is 0.338 e. The number of esters is 1. The number of carbonyl (C=O) groups excluding carboxylic acids is 2. The summed E-state index contributed by atoms with van der Waals surface area (Å²) in [4.78, 5) is 42.8. The summed E-state index contributed by atoms with van der Waals surface area (Å²) in [5.74, 6) is -0.677. The van der Waals surface area contributed by atoms with Crippen molar-refractivity contribution in [3.63, 3.8) is 0 Å². The van der Waals surface area contributed by atoms with Crippen molar-refractivity contribution in [2.24, 2.45) is 4.99 Å². The zero-order valence-electron chi connectivity index (χ0n) is 19.3. The van der Waals surface area contributed by atoms with E-state index in [1.165, 1.54) is 30.2 Å². The highest BCUT2D eigenvalue weighted by molar-refractivity contribution is 6.00. The first-order chi connectivity index (χ1) is 16.2. The minimum Gasteiger partial charge on any atom is -0.468 e. The van der Waals surface area contributed by atoms with E-state index in [0.29, 0.717) is 5.56 Å². The Morgan fingerprint density at radius 2 is 1.88 bits per heavy atom. The number of rotatable bonds is 6.